The lowest BCUT2D eigenvalue weighted by atomic mass is 10.1. The molecule has 4 aromatic rings. The first-order valence-electron chi connectivity index (χ1n) is 10.6. The van der Waals surface area contributed by atoms with Gasteiger partial charge in [0.05, 0.1) is 12.4 Å². The predicted molar refractivity (Wildman–Crippen MR) is 127 cm³/mol. The van der Waals surface area contributed by atoms with Crippen LogP contribution in [-0.2, 0) is 18.5 Å². The van der Waals surface area contributed by atoms with Crippen molar-refractivity contribution in [3.8, 4) is 22.6 Å². The molecule has 0 unspecified atom stereocenters. The van der Waals surface area contributed by atoms with Crippen LogP contribution in [0.25, 0.3) is 22.2 Å². The van der Waals surface area contributed by atoms with Gasteiger partial charge in [-0.05, 0) is 31.2 Å². The molecule has 0 spiro atoms. The van der Waals surface area contributed by atoms with Crippen LogP contribution in [0.3, 0.4) is 0 Å². The van der Waals surface area contributed by atoms with Crippen LogP contribution < -0.4 is 4.74 Å². The van der Waals surface area contributed by atoms with Gasteiger partial charge in [-0.15, -0.1) is 0 Å². The normalized spacial score (nSPS) is 11.9. The van der Waals surface area contributed by atoms with Crippen molar-refractivity contribution in [2.75, 3.05) is 6.61 Å². The van der Waals surface area contributed by atoms with Crippen LogP contribution in [0.2, 0.25) is 25.7 Å². The molecular weight excluding hydrogens is 404 g/mol. The van der Waals surface area contributed by atoms with E-state index in [9.17, 15) is 0 Å². The van der Waals surface area contributed by atoms with Gasteiger partial charge >= 0.3 is 0 Å². The highest BCUT2D eigenvalue weighted by atomic mass is 28.3. The van der Waals surface area contributed by atoms with Gasteiger partial charge < -0.3 is 14.0 Å². The molecule has 0 N–H and O–H groups in total. The average molecular weight is 435 g/mol. The molecule has 0 saturated carbocycles. The molecule has 7 heteroatoms. The van der Waals surface area contributed by atoms with Crippen molar-refractivity contribution in [2.45, 2.75) is 39.3 Å². The number of benzene rings is 1. The average Bonchev–Trinajstić information content (AvgIpc) is 3.30. The summed E-state index contributed by atoms with van der Waals surface area (Å²) in [5.41, 5.74) is 4.19. The quantitative estimate of drug-likeness (QED) is 0.258. The van der Waals surface area contributed by atoms with Crippen LogP contribution in [0.5, 0.6) is 11.5 Å². The summed E-state index contributed by atoms with van der Waals surface area (Å²) < 4.78 is 15.9. The lowest BCUT2D eigenvalue weighted by Gasteiger charge is -2.15. The van der Waals surface area contributed by atoms with Crippen molar-refractivity contribution in [3.05, 3.63) is 60.7 Å². The van der Waals surface area contributed by atoms with Gasteiger partial charge in [-0.3, -0.25) is 4.68 Å². The van der Waals surface area contributed by atoms with E-state index in [-0.39, 0.29) is 0 Å². The summed E-state index contributed by atoms with van der Waals surface area (Å²) in [5, 5.41) is 5.36. The fourth-order valence-electron chi connectivity index (χ4n) is 3.38. The highest BCUT2D eigenvalue weighted by Gasteiger charge is 2.16. The number of rotatable bonds is 8. The van der Waals surface area contributed by atoms with E-state index >= 15 is 0 Å². The van der Waals surface area contributed by atoms with Crippen LogP contribution in [0.15, 0.2) is 55.1 Å². The number of ether oxygens (including phenoxy) is 2. The van der Waals surface area contributed by atoms with Crippen LogP contribution >= 0.6 is 0 Å². The highest BCUT2D eigenvalue weighted by molar-refractivity contribution is 6.76. The largest absolute Gasteiger partial charge is 0.456 e. The van der Waals surface area contributed by atoms with Gasteiger partial charge in [0, 0.05) is 50.6 Å². The Kier molecular flexibility index (Phi) is 5.98. The number of pyridine rings is 1. The smallest absolute Gasteiger partial charge is 0.146 e. The first-order valence-corrected chi connectivity index (χ1v) is 14.3. The number of hydrogen-bond acceptors (Lipinski definition) is 4. The molecule has 0 fully saturated rings. The maximum Gasteiger partial charge on any atom is 0.146 e. The molecule has 3 heterocycles. The molecular formula is C24H30N4O2Si. The van der Waals surface area contributed by atoms with Gasteiger partial charge in [-0.2, -0.15) is 5.10 Å². The Morgan fingerprint density at radius 3 is 2.45 bits per heavy atom. The van der Waals surface area contributed by atoms with Crippen molar-refractivity contribution in [3.63, 3.8) is 0 Å². The maximum atomic E-state index is 6.06. The minimum absolute atomic E-state index is 0.479. The number of aryl methyl sites for hydroxylation is 2. The molecule has 162 valence electrons. The Balaban J connectivity index is 1.64. The Bertz CT molecular complexity index is 1170. The van der Waals surface area contributed by atoms with E-state index < -0.39 is 8.07 Å². The summed E-state index contributed by atoms with van der Waals surface area (Å²) in [6, 6.07) is 11.2. The van der Waals surface area contributed by atoms with Gasteiger partial charge in [0.15, 0.2) is 0 Å². The van der Waals surface area contributed by atoms with Crippen molar-refractivity contribution in [1.29, 1.82) is 0 Å². The Hall–Kier alpha value is -2.90. The van der Waals surface area contributed by atoms with E-state index in [4.69, 9.17) is 14.5 Å². The van der Waals surface area contributed by atoms with E-state index in [1.165, 1.54) is 5.56 Å². The third kappa shape index (κ3) is 5.24. The lowest BCUT2D eigenvalue weighted by Crippen LogP contribution is -2.22. The topological polar surface area (TPSA) is 54.1 Å². The number of hydrogen-bond donors (Lipinski definition) is 0. The predicted octanol–water partition coefficient (Wildman–Crippen LogP) is 5.85. The van der Waals surface area contributed by atoms with Crippen LogP contribution in [0.1, 0.15) is 5.56 Å². The van der Waals surface area contributed by atoms with E-state index in [0.29, 0.717) is 12.5 Å². The first kappa shape index (κ1) is 21.3. The summed E-state index contributed by atoms with van der Waals surface area (Å²) in [4.78, 5) is 4.71. The van der Waals surface area contributed by atoms with E-state index in [0.717, 1.165) is 40.6 Å². The van der Waals surface area contributed by atoms with E-state index in [1.54, 1.807) is 6.20 Å². The van der Waals surface area contributed by atoms with Crippen molar-refractivity contribution in [1.82, 2.24) is 19.3 Å². The zero-order valence-corrected chi connectivity index (χ0v) is 19.9. The molecule has 0 bridgehead atoms. The van der Waals surface area contributed by atoms with Gasteiger partial charge in [0.2, 0.25) is 0 Å². The molecule has 0 aliphatic rings. The van der Waals surface area contributed by atoms with Crippen molar-refractivity contribution >= 4 is 19.1 Å². The van der Waals surface area contributed by atoms with Crippen LogP contribution in [0.4, 0.5) is 0 Å². The second-order valence-electron chi connectivity index (χ2n) is 9.22. The van der Waals surface area contributed by atoms with E-state index in [1.807, 2.05) is 54.5 Å². The minimum atomic E-state index is -1.12. The Morgan fingerprint density at radius 2 is 1.77 bits per heavy atom. The standard InChI is InChI=1S/C24H30N4O2Si/c1-18-6-8-20(9-7-18)30-21-12-22-23(19-13-26-27(2)15-19)16-28(24(22)25-14-21)17-29-10-11-31(3,4)5/h6-9,12-16H,10-11,17H2,1-5H3. The van der Waals surface area contributed by atoms with Crippen LogP contribution in [0, 0.1) is 6.92 Å². The molecule has 0 amide bonds. The molecule has 6 nitrogen and oxygen atoms in total. The number of nitrogens with zero attached hydrogens (tertiary/aromatic N) is 4. The Labute approximate surface area is 184 Å². The van der Waals surface area contributed by atoms with Gasteiger partial charge in [0.25, 0.3) is 0 Å². The number of aromatic nitrogens is 4. The summed E-state index contributed by atoms with van der Waals surface area (Å²) in [6.45, 7) is 10.4. The lowest BCUT2D eigenvalue weighted by molar-refractivity contribution is 0.0899. The molecule has 3 aromatic heterocycles. The summed E-state index contributed by atoms with van der Waals surface area (Å²) >= 11 is 0. The van der Waals surface area contributed by atoms with E-state index in [2.05, 4.69) is 42.4 Å². The molecule has 0 radical (unpaired) electrons. The van der Waals surface area contributed by atoms with Gasteiger partial charge in [-0.1, -0.05) is 37.3 Å². The van der Waals surface area contributed by atoms with Gasteiger partial charge in [0.1, 0.15) is 23.9 Å². The zero-order chi connectivity index (χ0) is 22.0. The molecule has 31 heavy (non-hydrogen) atoms. The third-order valence-corrected chi connectivity index (χ3v) is 6.89. The van der Waals surface area contributed by atoms with Crippen molar-refractivity contribution in [2.24, 2.45) is 7.05 Å². The molecule has 4 rings (SSSR count). The van der Waals surface area contributed by atoms with Crippen LogP contribution in [-0.4, -0.2) is 34.0 Å². The van der Waals surface area contributed by atoms with Crippen molar-refractivity contribution < 1.29 is 9.47 Å². The molecule has 0 saturated heterocycles. The second kappa shape index (κ2) is 8.68. The summed E-state index contributed by atoms with van der Waals surface area (Å²) in [7, 11) is 0.804. The molecule has 0 aliphatic carbocycles. The summed E-state index contributed by atoms with van der Waals surface area (Å²) in [5.74, 6) is 1.50. The minimum Gasteiger partial charge on any atom is -0.456 e. The monoisotopic (exact) mass is 434 g/mol. The molecule has 0 aliphatic heterocycles. The zero-order valence-electron chi connectivity index (χ0n) is 18.9. The Morgan fingerprint density at radius 1 is 1.00 bits per heavy atom. The fraction of sp³-hybridized carbons (Fsp3) is 0.333. The number of fused-ring (bicyclic) bond motifs is 1. The maximum absolute atomic E-state index is 6.06. The summed E-state index contributed by atoms with van der Waals surface area (Å²) in [6.07, 6.45) is 7.75. The third-order valence-electron chi connectivity index (χ3n) is 5.19. The molecule has 1 aromatic carbocycles. The SMILES string of the molecule is Cc1ccc(Oc2cnc3c(c2)c(-c2cnn(C)c2)cn3COCC[Si](C)(C)C)cc1. The second-order valence-corrected chi connectivity index (χ2v) is 14.8. The first-order chi connectivity index (χ1) is 14.8. The molecule has 0 atom stereocenters. The van der Waals surface area contributed by atoms with Gasteiger partial charge in [-0.25, -0.2) is 4.98 Å². The highest BCUT2D eigenvalue weighted by Crippen LogP contribution is 2.33. The fourth-order valence-corrected chi connectivity index (χ4v) is 4.14.